The Labute approximate surface area is 128 Å². The van der Waals surface area contributed by atoms with E-state index in [2.05, 4.69) is 25.6 Å². The average Bonchev–Trinajstić information content (AvgIpc) is 3.20. The lowest BCUT2D eigenvalue weighted by atomic mass is 10.2. The predicted octanol–water partition coefficient (Wildman–Crippen LogP) is 2.10. The molecule has 1 saturated heterocycles. The molecule has 0 amide bonds. The Balaban J connectivity index is 1.65. The van der Waals surface area contributed by atoms with Crippen LogP contribution in [0.5, 0.6) is 0 Å². The molecule has 1 aliphatic carbocycles. The number of alkyl halides is 1. The number of rotatable bonds is 5. The Morgan fingerprint density at radius 3 is 2.50 bits per heavy atom. The first kappa shape index (κ1) is 14.5. The van der Waals surface area contributed by atoms with E-state index in [4.69, 9.17) is 0 Å². The summed E-state index contributed by atoms with van der Waals surface area (Å²) in [5.41, 5.74) is 1.07. The van der Waals surface area contributed by atoms with Gasteiger partial charge in [0.1, 0.15) is 0 Å². The maximum atomic E-state index is 12.3. The van der Waals surface area contributed by atoms with Crippen LogP contribution in [0.3, 0.4) is 0 Å². The molecule has 0 spiro atoms. The van der Waals surface area contributed by atoms with Gasteiger partial charge in [-0.1, -0.05) is 28.1 Å². The molecule has 1 atom stereocenters. The van der Waals surface area contributed by atoms with E-state index in [1.807, 2.05) is 12.1 Å². The van der Waals surface area contributed by atoms with Gasteiger partial charge in [0.2, 0.25) is 10.0 Å². The van der Waals surface area contributed by atoms with Gasteiger partial charge in [-0.25, -0.2) is 13.1 Å². The molecule has 2 aliphatic rings. The highest BCUT2D eigenvalue weighted by atomic mass is 79.9. The first-order valence-corrected chi connectivity index (χ1v) is 9.60. The molecular weight excluding hydrogens is 340 g/mol. The van der Waals surface area contributed by atoms with Crippen molar-refractivity contribution in [1.82, 2.24) is 9.62 Å². The van der Waals surface area contributed by atoms with Gasteiger partial charge >= 0.3 is 0 Å². The largest absolute Gasteiger partial charge is 0.299 e. The molecule has 1 aromatic carbocycles. The van der Waals surface area contributed by atoms with Crippen molar-refractivity contribution in [2.75, 3.05) is 13.1 Å². The van der Waals surface area contributed by atoms with Crippen molar-refractivity contribution >= 4 is 26.0 Å². The summed E-state index contributed by atoms with van der Waals surface area (Å²) in [6, 6.07) is 7.79. The molecule has 1 N–H and O–H groups in total. The monoisotopic (exact) mass is 358 g/mol. The average molecular weight is 359 g/mol. The highest BCUT2D eigenvalue weighted by Crippen LogP contribution is 2.30. The Morgan fingerprint density at radius 2 is 1.90 bits per heavy atom. The van der Waals surface area contributed by atoms with Gasteiger partial charge in [-0.15, -0.1) is 0 Å². The highest BCUT2D eigenvalue weighted by molar-refractivity contribution is 9.08. The lowest BCUT2D eigenvalue weighted by Gasteiger charge is -2.16. The first-order valence-electron chi connectivity index (χ1n) is 7.00. The zero-order valence-electron chi connectivity index (χ0n) is 11.3. The van der Waals surface area contributed by atoms with Crippen molar-refractivity contribution in [2.24, 2.45) is 0 Å². The lowest BCUT2D eigenvalue weighted by molar-refractivity contribution is 0.322. The van der Waals surface area contributed by atoms with Crippen LogP contribution in [0, 0.1) is 0 Å². The third-order valence-electron chi connectivity index (χ3n) is 3.99. The van der Waals surface area contributed by atoms with Gasteiger partial charge < -0.3 is 0 Å². The summed E-state index contributed by atoms with van der Waals surface area (Å²) in [5.74, 6) is 0. The van der Waals surface area contributed by atoms with E-state index < -0.39 is 10.0 Å². The van der Waals surface area contributed by atoms with Crippen LogP contribution < -0.4 is 4.72 Å². The van der Waals surface area contributed by atoms with E-state index in [-0.39, 0.29) is 6.04 Å². The lowest BCUT2D eigenvalue weighted by Crippen LogP contribution is -2.37. The van der Waals surface area contributed by atoms with Crippen LogP contribution in [0.4, 0.5) is 0 Å². The van der Waals surface area contributed by atoms with Crippen LogP contribution in [0.1, 0.15) is 24.8 Å². The first-order chi connectivity index (χ1) is 9.58. The maximum Gasteiger partial charge on any atom is 0.240 e. The second-order valence-corrected chi connectivity index (χ2v) is 7.89. The van der Waals surface area contributed by atoms with Crippen molar-refractivity contribution < 1.29 is 8.42 Å². The van der Waals surface area contributed by atoms with Gasteiger partial charge in [0, 0.05) is 30.5 Å². The number of hydrogen-bond donors (Lipinski definition) is 1. The molecule has 3 rings (SSSR count). The second kappa shape index (κ2) is 5.75. The third-order valence-corrected chi connectivity index (χ3v) is 6.18. The molecule has 4 nitrogen and oxygen atoms in total. The minimum absolute atomic E-state index is 0.0523. The summed E-state index contributed by atoms with van der Waals surface area (Å²) in [5, 5.41) is 0.736. The fraction of sp³-hybridized carbons (Fsp3) is 0.571. The Bertz CT molecular complexity index is 569. The Kier molecular flexibility index (Phi) is 4.17. The van der Waals surface area contributed by atoms with Gasteiger partial charge in [-0.2, -0.15) is 0 Å². The van der Waals surface area contributed by atoms with Gasteiger partial charge in [-0.3, -0.25) is 4.90 Å². The predicted molar refractivity (Wildman–Crippen MR) is 82.4 cm³/mol. The van der Waals surface area contributed by atoms with Gasteiger partial charge in [0.05, 0.1) is 4.90 Å². The van der Waals surface area contributed by atoms with Crippen LogP contribution in [0.2, 0.25) is 0 Å². The van der Waals surface area contributed by atoms with E-state index >= 15 is 0 Å². The smallest absolute Gasteiger partial charge is 0.240 e. The molecule has 20 heavy (non-hydrogen) atoms. The maximum absolute atomic E-state index is 12.3. The summed E-state index contributed by atoms with van der Waals surface area (Å²) in [6.07, 6.45) is 3.45. The minimum Gasteiger partial charge on any atom is -0.299 e. The number of halogens is 1. The van der Waals surface area contributed by atoms with Crippen molar-refractivity contribution in [3.8, 4) is 0 Å². The quantitative estimate of drug-likeness (QED) is 0.820. The molecule has 0 radical (unpaired) electrons. The van der Waals surface area contributed by atoms with Gasteiger partial charge in [0.25, 0.3) is 0 Å². The summed E-state index contributed by atoms with van der Waals surface area (Å²) in [6.45, 7) is 1.86. The number of likely N-dealkylation sites (tertiary alicyclic amines) is 1. The highest BCUT2D eigenvalue weighted by Gasteiger charge is 2.35. The fourth-order valence-electron chi connectivity index (χ4n) is 2.70. The topological polar surface area (TPSA) is 49.4 Å². The van der Waals surface area contributed by atoms with E-state index in [0.717, 1.165) is 30.4 Å². The molecule has 1 heterocycles. The number of nitrogens with one attached hydrogen (secondary N) is 1. The molecule has 1 unspecified atom stereocenters. The zero-order chi connectivity index (χ0) is 14.2. The van der Waals surface area contributed by atoms with Crippen molar-refractivity contribution in [2.45, 2.75) is 41.6 Å². The molecule has 1 aliphatic heterocycles. The van der Waals surface area contributed by atoms with Crippen molar-refractivity contribution in [3.05, 3.63) is 29.8 Å². The fourth-order valence-corrected chi connectivity index (χ4v) is 4.34. The number of benzene rings is 1. The van der Waals surface area contributed by atoms with Crippen molar-refractivity contribution in [1.29, 1.82) is 0 Å². The molecule has 1 saturated carbocycles. The Hall–Kier alpha value is -0.430. The summed E-state index contributed by atoms with van der Waals surface area (Å²) in [4.78, 5) is 2.76. The van der Waals surface area contributed by atoms with Crippen LogP contribution in [-0.4, -0.2) is 38.5 Å². The van der Waals surface area contributed by atoms with Crippen LogP contribution >= 0.6 is 15.9 Å². The van der Waals surface area contributed by atoms with E-state index in [1.165, 1.54) is 12.8 Å². The standard InChI is InChI=1S/C14H19BrN2O2S/c15-9-11-1-5-14(6-2-11)20(18,19)16-12-7-8-17(10-12)13-3-4-13/h1-2,5-6,12-13,16H,3-4,7-10H2. The molecule has 110 valence electrons. The van der Waals surface area contributed by atoms with Gasteiger partial charge in [0.15, 0.2) is 0 Å². The number of hydrogen-bond acceptors (Lipinski definition) is 3. The van der Waals surface area contributed by atoms with E-state index in [1.54, 1.807) is 12.1 Å². The number of sulfonamides is 1. The molecule has 2 fully saturated rings. The SMILES string of the molecule is O=S(=O)(NC1CCN(C2CC2)C1)c1ccc(CBr)cc1. The third kappa shape index (κ3) is 3.24. The Morgan fingerprint density at radius 1 is 1.20 bits per heavy atom. The zero-order valence-corrected chi connectivity index (χ0v) is 13.7. The molecule has 1 aromatic rings. The minimum atomic E-state index is -3.39. The molecule has 6 heteroatoms. The normalized spacial score (nSPS) is 24.1. The molecule has 0 bridgehead atoms. The van der Waals surface area contributed by atoms with E-state index in [9.17, 15) is 8.42 Å². The summed E-state index contributed by atoms with van der Waals surface area (Å²) >= 11 is 3.36. The summed E-state index contributed by atoms with van der Waals surface area (Å²) < 4.78 is 27.5. The van der Waals surface area contributed by atoms with Crippen molar-refractivity contribution in [3.63, 3.8) is 0 Å². The van der Waals surface area contributed by atoms with E-state index in [0.29, 0.717) is 10.9 Å². The molecule has 0 aromatic heterocycles. The van der Waals surface area contributed by atoms with Crippen LogP contribution in [0.25, 0.3) is 0 Å². The van der Waals surface area contributed by atoms with Gasteiger partial charge in [-0.05, 0) is 37.0 Å². The number of nitrogens with zero attached hydrogens (tertiary/aromatic N) is 1. The summed E-state index contributed by atoms with van der Waals surface area (Å²) in [7, 11) is -3.39. The molecular formula is C14H19BrN2O2S. The second-order valence-electron chi connectivity index (χ2n) is 5.61. The van der Waals surface area contributed by atoms with Crippen LogP contribution in [0.15, 0.2) is 29.2 Å². The van der Waals surface area contributed by atoms with Crippen LogP contribution in [-0.2, 0) is 15.4 Å².